The molecule has 0 spiro atoms. The number of hydrogen-bond acceptors (Lipinski definition) is 8. The van der Waals surface area contributed by atoms with Gasteiger partial charge in [-0.1, -0.05) is 32.9 Å². The number of carbonyl (C=O) groups is 2. The van der Waals surface area contributed by atoms with Gasteiger partial charge in [-0.25, -0.2) is 22.9 Å². The quantitative estimate of drug-likeness (QED) is 0.370. The van der Waals surface area contributed by atoms with Gasteiger partial charge in [0, 0.05) is 49.3 Å². The number of aromatic nitrogens is 1. The highest BCUT2D eigenvalue weighted by Gasteiger charge is 2.34. The fourth-order valence-electron chi connectivity index (χ4n) is 5.23. The molecular formula is C28H41N5O5S2. The Bertz CT molecular complexity index is 1300. The van der Waals surface area contributed by atoms with Crippen molar-refractivity contribution >= 4 is 39.0 Å². The van der Waals surface area contributed by atoms with Crippen molar-refractivity contribution in [3.05, 3.63) is 29.4 Å². The number of thiazole rings is 1. The molecule has 0 atom stereocenters. The van der Waals surface area contributed by atoms with Gasteiger partial charge in [0.1, 0.15) is 4.90 Å². The van der Waals surface area contributed by atoms with Gasteiger partial charge in [0.25, 0.3) is 0 Å². The third kappa shape index (κ3) is 7.13. The van der Waals surface area contributed by atoms with Crippen molar-refractivity contribution in [2.45, 2.75) is 89.3 Å². The maximum atomic E-state index is 13.4. The molecule has 3 N–H and O–H groups in total. The molecule has 2 aromatic rings. The van der Waals surface area contributed by atoms with Crippen LogP contribution in [0.1, 0.15) is 71.2 Å². The summed E-state index contributed by atoms with van der Waals surface area (Å²) in [5.74, 6) is 0.291. The number of alkyl carbamates (subject to hydrolysis) is 1. The summed E-state index contributed by atoms with van der Waals surface area (Å²) in [6.07, 6.45) is 4.68. The molecule has 2 amide bonds. The Labute approximate surface area is 241 Å². The zero-order valence-electron chi connectivity index (χ0n) is 23.9. The highest BCUT2D eigenvalue weighted by atomic mass is 32.2. The zero-order valence-corrected chi connectivity index (χ0v) is 25.5. The molecule has 220 valence electrons. The second kappa shape index (κ2) is 12.9. The van der Waals surface area contributed by atoms with Crippen LogP contribution >= 0.6 is 11.3 Å². The van der Waals surface area contributed by atoms with Crippen LogP contribution in [0, 0.1) is 5.92 Å². The van der Waals surface area contributed by atoms with Crippen molar-refractivity contribution in [1.29, 1.82) is 0 Å². The van der Waals surface area contributed by atoms with Gasteiger partial charge in [-0.2, -0.15) is 0 Å². The van der Waals surface area contributed by atoms with Crippen molar-refractivity contribution in [3.63, 3.8) is 0 Å². The molecular weight excluding hydrogens is 550 g/mol. The average Bonchev–Trinajstić information content (AvgIpc) is 3.35. The third-order valence-electron chi connectivity index (χ3n) is 7.20. The highest BCUT2D eigenvalue weighted by Crippen LogP contribution is 2.41. The number of likely N-dealkylation sites (tertiary alicyclic amines) is 1. The molecule has 0 bridgehead atoms. The van der Waals surface area contributed by atoms with Crippen molar-refractivity contribution in [3.8, 4) is 10.4 Å². The number of carbonyl (C=O) groups excluding carboxylic acids is 2. The van der Waals surface area contributed by atoms with E-state index in [1.54, 1.807) is 24.1 Å². The van der Waals surface area contributed by atoms with Gasteiger partial charge in [0.15, 0.2) is 0 Å². The minimum absolute atomic E-state index is 0.0211. The predicted molar refractivity (Wildman–Crippen MR) is 157 cm³/mol. The Morgan fingerprint density at radius 2 is 1.80 bits per heavy atom. The van der Waals surface area contributed by atoms with Crippen molar-refractivity contribution in [1.82, 2.24) is 19.9 Å². The summed E-state index contributed by atoms with van der Waals surface area (Å²) >= 11 is 1.52. The molecule has 1 saturated heterocycles. The van der Waals surface area contributed by atoms with Crippen LogP contribution in [0.3, 0.4) is 0 Å². The van der Waals surface area contributed by atoms with Crippen LogP contribution in [-0.4, -0.2) is 68.1 Å². The molecule has 10 nitrogen and oxygen atoms in total. The molecule has 1 aromatic heterocycles. The number of sulfonamides is 1. The fraction of sp³-hybridized carbons (Fsp3) is 0.607. The van der Waals surface area contributed by atoms with Crippen molar-refractivity contribution in [2.24, 2.45) is 5.92 Å². The molecule has 0 unspecified atom stereocenters. The number of hydrogen-bond donors (Lipinski definition) is 3. The van der Waals surface area contributed by atoms with Crippen LogP contribution in [0.4, 0.5) is 10.5 Å². The van der Waals surface area contributed by atoms with Gasteiger partial charge in [-0.05, 0) is 45.6 Å². The minimum Gasteiger partial charge on any atom is -0.447 e. The molecule has 1 aromatic carbocycles. The summed E-state index contributed by atoms with van der Waals surface area (Å²) < 4.78 is 34.7. The summed E-state index contributed by atoms with van der Waals surface area (Å²) in [4.78, 5) is 31.7. The molecule has 2 aliphatic rings. The largest absolute Gasteiger partial charge is 0.447 e. The second-order valence-electron chi connectivity index (χ2n) is 11.1. The van der Waals surface area contributed by atoms with E-state index in [0.29, 0.717) is 24.3 Å². The van der Waals surface area contributed by atoms with Gasteiger partial charge in [0.2, 0.25) is 15.9 Å². The lowest BCUT2D eigenvalue weighted by atomic mass is 9.86. The van der Waals surface area contributed by atoms with E-state index in [-0.39, 0.29) is 53.5 Å². The van der Waals surface area contributed by atoms with E-state index in [4.69, 9.17) is 9.72 Å². The number of ether oxygens (including phenoxy) is 1. The van der Waals surface area contributed by atoms with Crippen LogP contribution in [0.2, 0.25) is 0 Å². The Balaban J connectivity index is 1.50. The first-order valence-electron chi connectivity index (χ1n) is 14.1. The zero-order chi connectivity index (χ0) is 29.0. The number of nitrogens with one attached hydrogen (secondary N) is 3. The molecule has 1 saturated carbocycles. The normalized spacial score (nSPS) is 19.9. The van der Waals surface area contributed by atoms with Gasteiger partial charge in [-0.3, -0.25) is 4.79 Å². The summed E-state index contributed by atoms with van der Waals surface area (Å²) in [6.45, 7) is 10.5. The van der Waals surface area contributed by atoms with E-state index >= 15 is 0 Å². The Morgan fingerprint density at radius 3 is 2.42 bits per heavy atom. The van der Waals surface area contributed by atoms with E-state index in [1.165, 1.54) is 11.3 Å². The van der Waals surface area contributed by atoms with Crippen LogP contribution in [0.25, 0.3) is 10.4 Å². The van der Waals surface area contributed by atoms with E-state index in [1.807, 2.05) is 39.8 Å². The number of amides is 2. The molecule has 40 heavy (non-hydrogen) atoms. The molecule has 2 heterocycles. The molecule has 1 aliphatic carbocycles. The predicted octanol–water partition coefficient (Wildman–Crippen LogP) is 4.55. The van der Waals surface area contributed by atoms with Crippen LogP contribution < -0.4 is 15.4 Å². The second-order valence-corrected chi connectivity index (χ2v) is 13.9. The molecule has 1 aliphatic heterocycles. The number of nitrogens with zero attached hydrogens (tertiary/aromatic N) is 2. The van der Waals surface area contributed by atoms with Gasteiger partial charge < -0.3 is 20.3 Å². The summed E-state index contributed by atoms with van der Waals surface area (Å²) in [7, 11) is -3.80. The average molecular weight is 592 g/mol. The topological polar surface area (TPSA) is 130 Å². The van der Waals surface area contributed by atoms with Gasteiger partial charge >= 0.3 is 6.09 Å². The maximum absolute atomic E-state index is 13.4. The first-order valence-corrected chi connectivity index (χ1v) is 16.4. The monoisotopic (exact) mass is 591 g/mol. The van der Waals surface area contributed by atoms with Crippen LogP contribution in [0.15, 0.2) is 29.3 Å². The van der Waals surface area contributed by atoms with E-state index in [0.717, 1.165) is 35.6 Å². The fourth-order valence-corrected chi connectivity index (χ4v) is 7.82. The lowest BCUT2D eigenvalue weighted by Gasteiger charge is -2.41. The maximum Gasteiger partial charge on any atom is 0.407 e. The number of anilines is 1. The first kappa shape index (κ1) is 30.3. The Hall–Kier alpha value is -2.70. The van der Waals surface area contributed by atoms with Crippen LogP contribution in [0.5, 0.6) is 0 Å². The van der Waals surface area contributed by atoms with Crippen molar-refractivity contribution in [2.75, 3.05) is 25.0 Å². The highest BCUT2D eigenvalue weighted by molar-refractivity contribution is 7.89. The Morgan fingerprint density at radius 1 is 1.10 bits per heavy atom. The van der Waals surface area contributed by atoms with Gasteiger partial charge in [-0.15, -0.1) is 11.3 Å². The molecule has 2 fully saturated rings. The van der Waals surface area contributed by atoms with Crippen LogP contribution in [-0.2, 0) is 19.6 Å². The van der Waals surface area contributed by atoms with E-state index < -0.39 is 10.0 Å². The number of benzene rings is 1. The summed E-state index contributed by atoms with van der Waals surface area (Å²) in [5.41, 5.74) is 1.13. The Kier molecular flexibility index (Phi) is 9.73. The first-order chi connectivity index (χ1) is 19.0. The third-order valence-corrected chi connectivity index (χ3v) is 10.0. The molecule has 0 radical (unpaired) electrons. The lowest BCUT2D eigenvalue weighted by molar-refractivity contribution is -0.138. The lowest BCUT2D eigenvalue weighted by Crippen LogP contribution is -2.58. The summed E-state index contributed by atoms with van der Waals surface area (Å²) in [5, 5.41) is 7.31. The van der Waals surface area contributed by atoms with E-state index in [2.05, 4.69) is 15.4 Å². The summed E-state index contributed by atoms with van der Waals surface area (Å²) in [6, 6.07) is 5.52. The van der Waals surface area contributed by atoms with E-state index in [9.17, 15) is 18.0 Å². The minimum atomic E-state index is -3.80. The standard InChI is InChI=1S/C28H41N5O5S2/c1-6-30-40(36,37)25-22(8-7-9-23(25)31-21-15-33(16-21)27(34)17(2)3)24-14-29-26(39-24)19-10-12-20(13-11-19)32-28(35)38-18(4)5/h7-9,14,17-21,30-31H,6,10-13,15-16H2,1-5H3,(H,32,35). The smallest absolute Gasteiger partial charge is 0.407 e. The van der Waals surface area contributed by atoms with Crippen molar-refractivity contribution < 1.29 is 22.7 Å². The van der Waals surface area contributed by atoms with Gasteiger partial charge in [0.05, 0.1) is 27.7 Å². The SMILES string of the molecule is CCNS(=O)(=O)c1c(NC2CN(C(=O)C(C)C)C2)cccc1-c1cnc(C2CCC(NC(=O)OC(C)C)CC2)s1. The molecule has 12 heteroatoms. The molecule has 4 rings (SSSR count). The number of rotatable bonds is 10.